The molecule has 5 heteroatoms. The normalized spacial score (nSPS) is 14.5. The summed E-state index contributed by atoms with van der Waals surface area (Å²) in [7, 11) is 1.32. The van der Waals surface area contributed by atoms with E-state index in [-0.39, 0.29) is 5.69 Å². The molecule has 0 atom stereocenters. The Bertz CT molecular complexity index is 493. The van der Waals surface area contributed by atoms with Crippen molar-refractivity contribution < 1.29 is 9.53 Å². The van der Waals surface area contributed by atoms with Crippen LogP contribution in [0.15, 0.2) is 6.58 Å². The van der Waals surface area contributed by atoms with Crippen LogP contribution in [0, 0.1) is 0 Å². The number of aromatic nitrogens is 2. The van der Waals surface area contributed by atoms with Crippen LogP contribution in [0.1, 0.15) is 47.6 Å². The highest BCUT2D eigenvalue weighted by Crippen LogP contribution is 2.39. The lowest BCUT2D eigenvalue weighted by atomic mass is 10.1. The lowest BCUT2D eigenvalue weighted by Gasteiger charge is -2.11. The SMILES string of the molecule is C=C(C)c1c(N)nc(C2CC2)nc1C(=O)OC. The number of ether oxygens (including phenoxy) is 1. The van der Waals surface area contributed by atoms with Crippen molar-refractivity contribution in [1.82, 2.24) is 9.97 Å². The van der Waals surface area contributed by atoms with Gasteiger partial charge in [0.25, 0.3) is 0 Å². The van der Waals surface area contributed by atoms with Gasteiger partial charge in [0.2, 0.25) is 0 Å². The van der Waals surface area contributed by atoms with E-state index in [1.807, 2.05) is 0 Å². The van der Waals surface area contributed by atoms with Crippen molar-refractivity contribution in [1.29, 1.82) is 0 Å². The number of methoxy groups -OCH3 is 1. The van der Waals surface area contributed by atoms with Crippen molar-refractivity contribution in [2.75, 3.05) is 12.8 Å². The van der Waals surface area contributed by atoms with Crippen LogP contribution in [-0.2, 0) is 4.74 Å². The second-order valence-electron chi connectivity index (χ2n) is 4.24. The lowest BCUT2D eigenvalue weighted by Crippen LogP contribution is -2.14. The number of anilines is 1. The Labute approximate surface area is 99.7 Å². The molecule has 5 nitrogen and oxygen atoms in total. The van der Waals surface area contributed by atoms with Crippen molar-refractivity contribution in [3.8, 4) is 0 Å². The molecule has 17 heavy (non-hydrogen) atoms. The Morgan fingerprint density at radius 3 is 2.59 bits per heavy atom. The van der Waals surface area contributed by atoms with Gasteiger partial charge >= 0.3 is 5.97 Å². The average molecular weight is 233 g/mol. The van der Waals surface area contributed by atoms with E-state index in [4.69, 9.17) is 10.5 Å². The molecule has 0 saturated heterocycles. The molecule has 1 saturated carbocycles. The smallest absolute Gasteiger partial charge is 0.357 e. The van der Waals surface area contributed by atoms with Crippen LogP contribution in [0.2, 0.25) is 0 Å². The van der Waals surface area contributed by atoms with Crippen molar-refractivity contribution in [3.05, 3.63) is 23.7 Å². The van der Waals surface area contributed by atoms with Gasteiger partial charge in [0.1, 0.15) is 11.6 Å². The number of carbonyl (C=O) groups excluding carboxylic acids is 1. The van der Waals surface area contributed by atoms with E-state index in [1.165, 1.54) is 7.11 Å². The van der Waals surface area contributed by atoms with Crippen LogP contribution in [-0.4, -0.2) is 23.0 Å². The Morgan fingerprint density at radius 1 is 1.47 bits per heavy atom. The predicted octanol–water partition coefficient (Wildman–Crippen LogP) is 1.76. The average Bonchev–Trinajstić information content (AvgIpc) is 3.10. The van der Waals surface area contributed by atoms with E-state index in [1.54, 1.807) is 6.92 Å². The first kappa shape index (κ1) is 11.6. The second kappa shape index (κ2) is 4.16. The van der Waals surface area contributed by atoms with E-state index < -0.39 is 5.97 Å². The minimum absolute atomic E-state index is 0.217. The van der Waals surface area contributed by atoms with Gasteiger partial charge in [0.05, 0.1) is 12.7 Å². The summed E-state index contributed by atoms with van der Waals surface area (Å²) in [5, 5.41) is 0. The first-order valence-corrected chi connectivity index (χ1v) is 5.46. The number of carbonyl (C=O) groups is 1. The minimum atomic E-state index is -0.501. The molecule has 1 aromatic heterocycles. The molecule has 0 radical (unpaired) electrons. The van der Waals surface area contributed by atoms with Gasteiger partial charge in [-0.15, -0.1) is 0 Å². The highest BCUT2D eigenvalue weighted by molar-refractivity contribution is 5.95. The lowest BCUT2D eigenvalue weighted by molar-refractivity contribution is 0.0593. The minimum Gasteiger partial charge on any atom is -0.464 e. The largest absolute Gasteiger partial charge is 0.464 e. The summed E-state index contributed by atoms with van der Waals surface area (Å²) in [5.41, 5.74) is 7.22. The number of nitrogens with zero attached hydrogens (tertiary/aromatic N) is 2. The molecule has 1 aliphatic carbocycles. The fourth-order valence-electron chi connectivity index (χ4n) is 1.69. The van der Waals surface area contributed by atoms with Crippen molar-refractivity contribution in [3.63, 3.8) is 0 Å². The van der Waals surface area contributed by atoms with E-state index in [2.05, 4.69) is 16.5 Å². The molecule has 2 N–H and O–H groups in total. The molecule has 0 unspecified atom stereocenters. The zero-order valence-corrected chi connectivity index (χ0v) is 9.99. The summed E-state index contributed by atoms with van der Waals surface area (Å²) in [6.45, 7) is 5.55. The van der Waals surface area contributed by atoms with Crippen LogP contribution < -0.4 is 5.73 Å². The molecule has 90 valence electrons. The Kier molecular flexibility index (Phi) is 2.83. The number of nitrogens with two attached hydrogens (primary N) is 1. The van der Waals surface area contributed by atoms with Crippen LogP contribution in [0.5, 0.6) is 0 Å². The quantitative estimate of drug-likeness (QED) is 0.805. The van der Waals surface area contributed by atoms with Gasteiger partial charge in [-0.05, 0) is 25.3 Å². The second-order valence-corrected chi connectivity index (χ2v) is 4.24. The molecular weight excluding hydrogens is 218 g/mol. The number of rotatable bonds is 3. The zero-order chi connectivity index (χ0) is 12.6. The maximum absolute atomic E-state index is 11.7. The number of allylic oxidation sites excluding steroid dienone is 1. The predicted molar refractivity (Wildman–Crippen MR) is 64.5 cm³/mol. The van der Waals surface area contributed by atoms with Crippen LogP contribution >= 0.6 is 0 Å². The first-order valence-electron chi connectivity index (χ1n) is 5.46. The standard InChI is InChI=1S/C12H15N3O2/c1-6(2)8-9(12(16)17-3)14-11(7-4-5-7)15-10(8)13/h7H,1,4-5H2,2-3H3,(H2,13,14,15). The molecule has 1 fully saturated rings. The Balaban J connectivity index is 2.57. The number of hydrogen-bond acceptors (Lipinski definition) is 5. The van der Waals surface area contributed by atoms with E-state index in [0.29, 0.717) is 28.7 Å². The number of nitrogen functional groups attached to an aromatic ring is 1. The van der Waals surface area contributed by atoms with Gasteiger partial charge in [0, 0.05) is 5.92 Å². The maximum atomic E-state index is 11.7. The molecule has 0 aliphatic heterocycles. The fourth-order valence-corrected chi connectivity index (χ4v) is 1.69. The molecule has 0 bridgehead atoms. The first-order chi connectivity index (χ1) is 8.04. The van der Waals surface area contributed by atoms with Crippen LogP contribution in [0.25, 0.3) is 5.57 Å². The molecule has 1 aromatic rings. The van der Waals surface area contributed by atoms with E-state index >= 15 is 0 Å². The molecule has 1 aliphatic rings. The van der Waals surface area contributed by atoms with Gasteiger partial charge in [0.15, 0.2) is 5.69 Å². The van der Waals surface area contributed by atoms with Crippen molar-refractivity contribution in [2.24, 2.45) is 0 Å². The molecule has 1 heterocycles. The molecular formula is C12H15N3O2. The fraction of sp³-hybridized carbons (Fsp3) is 0.417. The summed E-state index contributed by atoms with van der Waals surface area (Å²) in [4.78, 5) is 20.2. The molecule has 2 rings (SSSR count). The van der Waals surface area contributed by atoms with E-state index in [9.17, 15) is 4.79 Å². The van der Waals surface area contributed by atoms with Crippen molar-refractivity contribution >= 4 is 17.4 Å². The molecule has 0 spiro atoms. The van der Waals surface area contributed by atoms with Crippen molar-refractivity contribution in [2.45, 2.75) is 25.7 Å². The van der Waals surface area contributed by atoms with Gasteiger partial charge in [-0.2, -0.15) is 0 Å². The monoisotopic (exact) mass is 233 g/mol. The summed E-state index contributed by atoms with van der Waals surface area (Å²) >= 11 is 0. The Morgan fingerprint density at radius 2 is 2.12 bits per heavy atom. The third-order valence-corrected chi connectivity index (χ3v) is 2.70. The maximum Gasteiger partial charge on any atom is 0.357 e. The highest BCUT2D eigenvalue weighted by Gasteiger charge is 2.30. The summed E-state index contributed by atoms with van der Waals surface area (Å²) in [6, 6.07) is 0. The molecule has 0 aromatic carbocycles. The third-order valence-electron chi connectivity index (χ3n) is 2.70. The summed E-state index contributed by atoms with van der Waals surface area (Å²) < 4.78 is 4.71. The van der Waals surface area contributed by atoms with Crippen LogP contribution in [0.3, 0.4) is 0 Å². The molecule has 0 amide bonds. The van der Waals surface area contributed by atoms with Gasteiger partial charge in [-0.1, -0.05) is 6.58 Å². The highest BCUT2D eigenvalue weighted by atomic mass is 16.5. The van der Waals surface area contributed by atoms with Gasteiger partial charge in [-0.25, -0.2) is 14.8 Å². The summed E-state index contributed by atoms with van der Waals surface area (Å²) in [6.07, 6.45) is 2.10. The topological polar surface area (TPSA) is 78.1 Å². The summed E-state index contributed by atoms with van der Waals surface area (Å²) in [5.74, 6) is 0.765. The van der Waals surface area contributed by atoms with Gasteiger partial charge < -0.3 is 10.5 Å². The van der Waals surface area contributed by atoms with Gasteiger partial charge in [-0.3, -0.25) is 0 Å². The zero-order valence-electron chi connectivity index (χ0n) is 9.99. The third kappa shape index (κ3) is 2.13. The van der Waals surface area contributed by atoms with E-state index in [0.717, 1.165) is 12.8 Å². The number of esters is 1. The van der Waals surface area contributed by atoms with Crippen LogP contribution in [0.4, 0.5) is 5.82 Å². The number of hydrogen-bond donors (Lipinski definition) is 1. The Hall–Kier alpha value is -1.91.